The second-order valence-electron chi connectivity index (χ2n) is 6.06. The molecule has 0 aliphatic heterocycles. The first-order valence-corrected chi connectivity index (χ1v) is 6.88. The summed E-state index contributed by atoms with van der Waals surface area (Å²) in [4.78, 5) is 11.7. The second kappa shape index (κ2) is 6.71. The van der Waals surface area contributed by atoms with Crippen molar-refractivity contribution < 1.29 is 4.79 Å². The summed E-state index contributed by atoms with van der Waals surface area (Å²) >= 11 is 0. The second-order valence-corrected chi connectivity index (χ2v) is 6.06. The van der Waals surface area contributed by atoms with Crippen molar-refractivity contribution in [1.29, 1.82) is 0 Å². The Morgan fingerprint density at radius 2 is 1.79 bits per heavy atom. The number of nitrogens with one attached hydrogen (secondary N) is 2. The molecule has 3 nitrogen and oxygen atoms in total. The quantitative estimate of drug-likeness (QED) is 0.826. The molecule has 0 aliphatic rings. The lowest BCUT2D eigenvalue weighted by molar-refractivity contribution is -0.120. The Labute approximate surface area is 116 Å². The molecule has 1 rings (SSSR count). The third kappa shape index (κ3) is 5.43. The van der Waals surface area contributed by atoms with Gasteiger partial charge in [0.15, 0.2) is 0 Å². The predicted octanol–water partition coefficient (Wildman–Crippen LogP) is 2.39. The van der Waals surface area contributed by atoms with Crippen LogP contribution < -0.4 is 10.6 Å². The standard InChI is InChI=1S/C16H26N2O/c1-12(2)17-10-15(19)18-11-16(4,5)14-8-6-13(3)7-9-14/h6-9,12,17H,10-11H2,1-5H3,(H,18,19). The van der Waals surface area contributed by atoms with E-state index < -0.39 is 0 Å². The minimum Gasteiger partial charge on any atom is -0.354 e. The average molecular weight is 262 g/mol. The topological polar surface area (TPSA) is 41.1 Å². The molecule has 0 saturated heterocycles. The van der Waals surface area contributed by atoms with Crippen LogP contribution in [0.25, 0.3) is 0 Å². The number of amides is 1. The van der Waals surface area contributed by atoms with E-state index in [-0.39, 0.29) is 11.3 Å². The van der Waals surface area contributed by atoms with Gasteiger partial charge >= 0.3 is 0 Å². The number of rotatable bonds is 6. The number of hydrogen-bond donors (Lipinski definition) is 2. The van der Waals surface area contributed by atoms with Crippen molar-refractivity contribution in [3.63, 3.8) is 0 Å². The third-order valence-corrected chi connectivity index (χ3v) is 3.23. The van der Waals surface area contributed by atoms with Crippen molar-refractivity contribution in [1.82, 2.24) is 10.6 Å². The molecule has 1 aromatic carbocycles. The van der Waals surface area contributed by atoms with Crippen LogP contribution in [0, 0.1) is 6.92 Å². The van der Waals surface area contributed by atoms with E-state index in [2.05, 4.69) is 55.7 Å². The molecular weight excluding hydrogens is 236 g/mol. The highest BCUT2D eigenvalue weighted by Crippen LogP contribution is 2.22. The number of hydrogen-bond acceptors (Lipinski definition) is 2. The van der Waals surface area contributed by atoms with Crippen LogP contribution in [0.2, 0.25) is 0 Å². The Morgan fingerprint density at radius 1 is 1.21 bits per heavy atom. The molecule has 0 radical (unpaired) electrons. The zero-order chi connectivity index (χ0) is 14.5. The highest BCUT2D eigenvalue weighted by molar-refractivity contribution is 5.78. The smallest absolute Gasteiger partial charge is 0.233 e. The minimum atomic E-state index is -0.0544. The van der Waals surface area contributed by atoms with Crippen LogP contribution in [-0.4, -0.2) is 25.0 Å². The lowest BCUT2D eigenvalue weighted by Crippen LogP contribution is -2.42. The fraction of sp³-hybridized carbons (Fsp3) is 0.562. The average Bonchev–Trinajstić information content (AvgIpc) is 2.34. The summed E-state index contributed by atoms with van der Waals surface area (Å²) in [5.74, 6) is 0.0499. The number of carbonyl (C=O) groups is 1. The predicted molar refractivity (Wildman–Crippen MR) is 80.4 cm³/mol. The Kier molecular flexibility index (Phi) is 5.55. The Bertz CT molecular complexity index is 407. The molecule has 106 valence electrons. The minimum absolute atomic E-state index is 0.0499. The van der Waals surface area contributed by atoms with Gasteiger partial charge < -0.3 is 10.6 Å². The maximum atomic E-state index is 11.7. The van der Waals surface area contributed by atoms with Crippen LogP contribution in [0.1, 0.15) is 38.8 Å². The van der Waals surface area contributed by atoms with Crippen LogP contribution in [-0.2, 0) is 10.2 Å². The van der Waals surface area contributed by atoms with Crippen molar-refractivity contribution in [2.75, 3.05) is 13.1 Å². The largest absolute Gasteiger partial charge is 0.354 e. The van der Waals surface area contributed by atoms with Crippen LogP contribution in [0.15, 0.2) is 24.3 Å². The molecule has 19 heavy (non-hydrogen) atoms. The van der Waals surface area contributed by atoms with E-state index in [1.807, 2.05) is 13.8 Å². The van der Waals surface area contributed by atoms with E-state index in [0.717, 1.165) is 0 Å². The molecule has 0 saturated carbocycles. The van der Waals surface area contributed by atoms with Crippen molar-refractivity contribution in [3.8, 4) is 0 Å². The molecule has 0 unspecified atom stereocenters. The van der Waals surface area contributed by atoms with Crippen LogP contribution in [0.3, 0.4) is 0 Å². The molecule has 0 heterocycles. The Balaban J connectivity index is 2.50. The first-order chi connectivity index (χ1) is 8.81. The van der Waals surface area contributed by atoms with E-state index in [1.54, 1.807) is 0 Å². The summed E-state index contributed by atoms with van der Waals surface area (Å²) in [6.45, 7) is 11.5. The monoisotopic (exact) mass is 262 g/mol. The fourth-order valence-electron chi connectivity index (χ4n) is 1.79. The van der Waals surface area contributed by atoms with Gasteiger partial charge in [-0.05, 0) is 12.5 Å². The van der Waals surface area contributed by atoms with Gasteiger partial charge in [-0.1, -0.05) is 57.5 Å². The molecule has 0 spiro atoms. The Morgan fingerprint density at radius 3 is 2.32 bits per heavy atom. The summed E-state index contributed by atoms with van der Waals surface area (Å²) in [5.41, 5.74) is 2.45. The molecule has 3 heteroatoms. The molecule has 0 aliphatic carbocycles. The van der Waals surface area contributed by atoms with Crippen molar-refractivity contribution in [2.24, 2.45) is 0 Å². The van der Waals surface area contributed by atoms with E-state index in [9.17, 15) is 4.79 Å². The number of carbonyl (C=O) groups excluding carboxylic acids is 1. The van der Waals surface area contributed by atoms with Gasteiger partial charge in [-0.15, -0.1) is 0 Å². The van der Waals surface area contributed by atoms with E-state index in [1.165, 1.54) is 11.1 Å². The van der Waals surface area contributed by atoms with Gasteiger partial charge in [-0.2, -0.15) is 0 Å². The van der Waals surface area contributed by atoms with Crippen LogP contribution >= 0.6 is 0 Å². The Hall–Kier alpha value is -1.35. The zero-order valence-electron chi connectivity index (χ0n) is 12.7. The third-order valence-electron chi connectivity index (χ3n) is 3.23. The highest BCUT2D eigenvalue weighted by Gasteiger charge is 2.21. The maximum absolute atomic E-state index is 11.7. The summed E-state index contributed by atoms with van der Waals surface area (Å²) in [7, 11) is 0. The van der Waals surface area contributed by atoms with E-state index >= 15 is 0 Å². The molecule has 0 bridgehead atoms. The van der Waals surface area contributed by atoms with Gasteiger partial charge in [0.2, 0.25) is 5.91 Å². The molecule has 0 aromatic heterocycles. The van der Waals surface area contributed by atoms with Gasteiger partial charge in [-0.3, -0.25) is 4.79 Å². The maximum Gasteiger partial charge on any atom is 0.233 e. The first-order valence-electron chi connectivity index (χ1n) is 6.88. The van der Waals surface area contributed by atoms with Crippen LogP contribution in [0.5, 0.6) is 0 Å². The lowest BCUT2D eigenvalue weighted by Gasteiger charge is -2.26. The molecule has 2 N–H and O–H groups in total. The SMILES string of the molecule is Cc1ccc(C(C)(C)CNC(=O)CNC(C)C)cc1. The lowest BCUT2D eigenvalue weighted by atomic mass is 9.84. The van der Waals surface area contributed by atoms with Crippen LogP contribution in [0.4, 0.5) is 0 Å². The summed E-state index contributed by atoms with van der Waals surface area (Å²) in [6, 6.07) is 8.82. The van der Waals surface area contributed by atoms with Crippen molar-refractivity contribution in [3.05, 3.63) is 35.4 Å². The first kappa shape index (κ1) is 15.7. The summed E-state index contributed by atoms with van der Waals surface area (Å²) in [5, 5.41) is 6.11. The summed E-state index contributed by atoms with van der Waals surface area (Å²) in [6.07, 6.45) is 0. The normalized spacial score (nSPS) is 11.7. The fourth-order valence-corrected chi connectivity index (χ4v) is 1.79. The number of aryl methyl sites for hydroxylation is 1. The zero-order valence-corrected chi connectivity index (χ0v) is 12.7. The van der Waals surface area contributed by atoms with Gasteiger partial charge in [0.1, 0.15) is 0 Å². The summed E-state index contributed by atoms with van der Waals surface area (Å²) < 4.78 is 0. The van der Waals surface area contributed by atoms with Crippen molar-refractivity contribution >= 4 is 5.91 Å². The highest BCUT2D eigenvalue weighted by atomic mass is 16.1. The number of benzene rings is 1. The molecule has 0 fully saturated rings. The van der Waals surface area contributed by atoms with Gasteiger partial charge in [0, 0.05) is 18.0 Å². The van der Waals surface area contributed by atoms with Gasteiger partial charge in [0.05, 0.1) is 6.54 Å². The van der Waals surface area contributed by atoms with E-state index in [0.29, 0.717) is 19.1 Å². The molecular formula is C16H26N2O. The van der Waals surface area contributed by atoms with Gasteiger partial charge in [-0.25, -0.2) is 0 Å². The van der Waals surface area contributed by atoms with Crippen molar-refractivity contribution in [2.45, 2.75) is 46.1 Å². The molecule has 0 atom stereocenters. The van der Waals surface area contributed by atoms with Gasteiger partial charge in [0.25, 0.3) is 0 Å². The van der Waals surface area contributed by atoms with E-state index in [4.69, 9.17) is 0 Å². The molecule has 1 aromatic rings. The molecule has 1 amide bonds.